The number of aromatic nitrogens is 3. The van der Waals surface area contributed by atoms with Gasteiger partial charge in [-0.2, -0.15) is 5.10 Å². The Morgan fingerprint density at radius 2 is 2.07 bits per heavy atom. The summed E-state index contributed by atoms with van der Waals surface area (Å²) in [5.41, 5.74) is 8.48. The topological polar surface area (TPSA) is 124 Å². The van der Waals surface area contributed by atoms with Crippen LogP contribution in [0.3, 0.4) is 0 Å². The number of hydrogen-bond donors (Lipinski definition) is 2. The first-order valence-electron chi connectivity index (χ1n) is 9.29. The smallest absolute Gasteiger partial charge is 0.290 e. The van der Waals surface area contributed by atoms with Crippen LogP contribution in [0.25, 0.3) is 11.3 Å². The number of hydrogen-bond acceptors (Lipinski definition) is 6. The van der Waals surface area contributed by atoms with Crippen LogP contribution in [0.1, 0.15) is 17.3 Å². The van der Waals surface area contributed by atoms with Gasteiger partial charge in [-0.3, -0.25) is 19.3 Å². The molecule has 0 aliphatic carbocycles. The van der Waals surface area contributed by atoms with Crippen LogP contribution in [-0.2, 0) is 11.3 Å². The predicted molar refractivity (Wildman–Crippen MR) is 113 cm³/mol. The van der Waals surface area contributed by atoms with Crippen LogP contribution in [0.4, 0.5) is 5.69 Å². The third-order valence-corrected chi connectivity index (χ3v) is 4.35. The Kier molecular flexibility index (Phi) is 8.37. The zero-order chi connectivity index (χ0) is 21.9. The molecule has 0 saturated carbocycles. The molecule has 3 rings (SSSR count). The molecule has 0 aliphatic heterocycles. The normalized spacial score (nSPS) is 9.93. The van der Waals surface area contributed by atoms with E-state index in [1.54, 1.807) is 36.5 Å². The van der Waals surface area contributed by atoms with E-state index in [2.05, 4.69) is 10.1 Å². The number of amides is 1. The number of carbonyl (C=O) groups is 2. The molecule has 30 heavy (non-hydrogen) atoms. The molecule has 0 aliphatic rings. The quantitative estimate of drug-likeness (QED) is 0.572. The third-order valence-electron chi connectivity index (χ3n) is 4.35. The van der Waals surface area contributed by atoms with Gasteiger partial charge in [-0.1, -0.05) is 12.1 Å². The molecule has 1 amide bonds. The number of carboxylic acid groups (broad SMARTS) is 1. The Bertz CT molecular complexity index is 960. The van der Waals surface area contributed by atoms with Gasteiger partial charge in [-0.25, -0.2) is 0 Å². The highest BCUT2D eigenvalue weighted by Gasteiger charge is 2.17. The predicted octanol–water partition coefficient (Wildman–Crippen LogP) is 2.40. The standard InChI is InChI=1S/C20H23N5O2.CH2O2/c1-3-24(12-13-25-11-5-9-23-25)20(26)16-7-4-6-15(14-16)18-19(27-2)17(21)8-10-22-18;2-1-3/h4-11,14H,3,12-13H2,1-2H3,(H2,21,22);1H,(H,2,3). The molecule has 3 aromatic rings. The average molecular weight is 411 g/mol. The zero-order valence-electron chi connectivity index (χ0n) is 16.9. The molecule has 3 N–H and O–H groups in total. The number of carbonyl (C=O) groups excluding carboxylic acids is 1. The second-order valence-corrected chi connectivity index (χ2v) is 6.12. The van der Waals surface area contributed by atoms with Gasteiger partial charge in [0.2, 0.25) is 0 Å². The van der Waals surface area contributed by atoms with E-state index >= 15 is 0 Å². The Balaban J connectivity index is 0.00000101. The monoisotopic (exact) mass is 411 g/mol. The van der Waals surface area contributed by atoms with Gasteiger partial charge in [0.15, 0.2) is 5.75 Å². The van der Waals surface area contributed by atoms with Gasteiger partial charge in [0.1, 0.15) is 5.69 Å². The fourth-order valence-corrected chi connectivity index (χ4v) is 2.92. The van der Waals surface area contributed by atoms with Crippen molar-refractivity contribution in [1.82, 2.24) is 19.7 Å². The van der Waals surface area contributed by atoms with E-state index in [0.717, 1.165) is 5.56 Å². The molecule has 0 fully saturated rings. The van der Waals surface area contributed by atoms with Crippen molar-refractivity contribution in [2.45, 2.75) is 13.5 Å². The number of ether oxygens (including phenoxy) is 1. The maximum Gasteiger partial charge on any atom is 0.290 e. The molecule has 158 valence electrons. The molecular formula is C21H25N5O4. The van der Waals surface area contributed by atoms with Gasteiger partial charge < -0.3 is 20.5 Å². The van der Waals surface area contributed by atoms with Gasteiger partial charge in [0, 0.05) is 42.8 Å². The van der Waals surface area contributed by atoms with Crippen LogP contribution in [0.5, 0.6) is 5.75 Å². The van der Waals surface area contributed by atoms with Crippen molar-refractivity contribution in [1.29, 1.82) is 0 Å². The molecule has 0 atom stereocenters. The van der Waals surface area contributed by atoms with E-state index in [-0.39, 0.29) is 12.4 Å². The average Bonchev–Trinajstić information content (AvgIpc) is 3.28. The van der Waals surface area contributed by atoms with Gasteiger partial charge >= 0.3 is 0 Å². The minimum atomic E-state index is -0.250. The van der Waals surface area contributed by atoms with Crippen LogP contribution in [0.2, 0.25) is 0 Å². The summed E-state index contributed by atoms with van der Waals surface area (Å²) in [7, 11) is 1.56. The first-order valence-corrected chi connectivity index (χ1v) is 9.29. The summed E-state index contributed by atoms with van der Waals surface area (Å²) in [5.74, 6) is 0.475. The van der Waals surface area contributed by atoms with Crippen LogP contribution in [-0.4, -0.2) is 57.3 Å². The lowest BCUT2D eigenvalue weighted by molar-refractivity contribution is -0.122. The van der Waals surface area contributed by atoms with Crippen molar-refractivity contribution < 1.29 is 19.4 Å². The van der Waals surface area contributed by atoms with Crippen LogP contribution in [0.15, 0.2) is 55.0 Å². The van der Waals surface area contributed by atoms with E-state index in [1.165, 1.54) is 0 Å². The molecule has 0 radical (unpaired) electrons. The molecule has 9 heteroatoms. The lowest BCUT2D eigenvalue weighted by Gasteiger charge is -2.21. The first-order chi connectivity index (χ1) is 14.5. The fraction of sp³-hybridized carbons (Fsp3) is 0.238. The lowest BCUT2D eigenvalue weighted by atomic mass is 10.1. The number of methoxy groups -OCH3 is 1. The molecule has 0 saturated heterocycles. The number of nitrogen functional groups attached to an aromatic ring is 1. The van der Waals surface area contributed by atoms with Crippen LogP contribution >= 0.6 is 0 Å². The minimum Gasteiger partial charge on any atom is -0.492 e. The molecular weight excluding hydrogens is 386 g/mol. The number of pyridine rings is 1. The summed E-state index contributed by atoms with van der Waals surface area (Å²) in [6.45, 7) is 3.56. The summed E-state index contributed by atoms with van der Waals surface area (Å²) >= 11 is 0. The fourth-order valence-electron chi connectivity index (χ4n) is 2.92. The van der Waals surface area contributed by atoms with Gasteiger partial charge in [-0.05, 0) is 31.2 Å². The van der Waals surface area contributed by atoms with Crippen molar-refractivity contribution in [2.75, 3.05) is 25.9 Å². The van der Waals surface area contributed by atoms with Gasteiger partial charge in [0.25, 0.3) is 12.4 Å². The van der Waals surface area contributed by atoms with Gasteiger partial charge in [0.05, 0.1) is 19.3 Å². The number of anilines is 1. The summed E-state index contributed by atoms with van der Waals surface area (Å²) in [6, 6.07) is 10.9. The summed E-state index contributed by atoms with van der Waals surface area (Å²) in [6.07, 6.45) is 5.24. The number of nitrogens with two attached hydrogens (primary N) is 1. The zero-order valence-corrected chi connectivity index (χ0v) is 16.9. The highest BCUT2D eigenvalue weighted by molar-refractivity contribution is 5.95. The van der Waals surface area contributed by atoms with Crippen molar-refractivity contribution in [3.63, 3.8) is 0 Å². The lowest BCUT2D eigenvalue weighted by Crippen LogP contribution is -2.33. The molecule has 0 unspecified atom stereocenters. The molecule has 0 spiro atoms. The highest BCUT2D eigenvalue weighted by atomic mass is 16.5. The Morgan fingerprint density at radius 1 is 1.30 bits per heavy atom. The van der Waals surface area contributed by atoms with Crippen molar-refractivity contribution in [3.05, 3.63) is 60.6 Å². The second-order valence-electron chi connectivity index (χ2n) is 6.12. The van der Waals surface area contributed by atoms with Gasteiger partial charge in [-0.15, -0.1) is 0 Å². The molecule has 9 nitrogen and oxygen atoms in total. The maximum absolute atomic E-state index is 13.0. The van der Waals surface area contributed by atoms with E-state index in [4.69, 9.17) is 20.4 Å². The Hall–Kier alpha value is -3.88. The molecule has 2 aromatic heterocycles. The van der Waals surface area contributed by atoms with E-state index < -0.39 is 0 Å². The largest absolute Gasteiger partial charge is 0.492 e. The Morgan fingerprint density at radius 3 is 2.70 bits per heavy atom. The molecule has 1 aromatic carbocycles. The summed E-state index contributed by atoms with van der Waals surface area (Å²) in [4.78, 5) is 27.5. The third kappa shape index (κ3) is 5.57. The van der Waals surface area contributed by atoms with E-state index in [0.29, 0.717) is 42.3 Å². The number of nitrogens with zero attached hydrogens (tertiary/aromatic N) is 4. The van der Waals surface area contributed by atoms with Crippen LogP contribution in [0, 0.1) is 0 Å². The van der Waals surface area contributed by atoms with Crippen molar-refractivity contribution >= 4 is 18.1 Å². The summed E-state index contributed by atoms with van der Waals surface area (Å²) < 4.78 is 7.20. The number of benzene rings is 1. The van der Waals surface area contributed by atoms with E-state index in [1.807, 2.05) is 42.1 Å². The number of likely N-dealkylation sites (N-methyl/N-ethyl adjacent to an activating group) is 1. The van der Waals surface area contributed by atoms with Crippen molar-refractivity contribution in [2.24, 2.45) is 0 Å². The number of rotatable bonds is 7. The van der Waals surface area contributed by atoms with Crippen LogP contribution < -0.4 is 10.5 Å². The van der Waals surface area contributed by atoms with E-state index in [9.17, 15) is 4.79 Å². The SMILES string of the molecule is CCN(CCn1cccn1)C(=O)c1cccc(-c2nccc(N)c2OC)c1.O=CO. The van der Waals surface area contributed by atoms with Crippen molar-refractivity contribution in [3.8, 4) is 17.0 Å². The summed E-state index contributed by atoms with van der Waals surface area (Å²) in [5, 5.41) is 11.1. The highest BCUT2D eigenvalue weighted by Crippen LogP contribution is 2.32. The maximum atomic E-state index is 13.0. The molecule has 0 bridgehead atoms. The molecule has 2 heterocycles. The first kappa shape index (κ1) is 22.4. The second kappa shape index (κ2) is 11.2. The minimum absolute atomic E-state index is 0.0330. The Labute approximate surface area is 174 Å².